The Kier molecular flexibility index (Phi) is 6.18. The van der Waals surface area contributed by atoms with Crippen molar-refractivity contribution in [1.82, 2.24) is 0 Å². The SMILES string of the molecule is NS(=O)(=O)c1ccc(NS(=O)(=O)c2ccc(NC(=O)C=CC(=O)O)cc2)cc1. The van der Waals surface area contributed by atoms with Gasteiger partial charge >= 0.3 is 5.97 Å². The number of nitrogens with two attached hydrogens (primary N) is 1. The van der Waals surface area contributed by atoms with Gasteiger partial charge in [-0.25, -0.2) is 26.8 Å². The van der Waals surface area contributed by atoms with Crippen LogP contribution in [0.15, 0.2) is 70.5 Å². The summed E-state index contributed by atoms with van der Waals surface area (Å²) < 4.78 is 49.5. The third kappa shape index (κ3) is 5.90. The first-order valence-corrected chi connectivity index (χ1v) is 10.5. The molecule has 5 N–H and O–H groups in total. The highest BCUT2D eigenvalue weighted by Gasteiger charge is 2.15. The molecule has 0 spiro atoms. The topological polar surface area (TPSA) is 173 Å². The van der Waals surface area contributed by atoms with Crippen LogP contribution in [-0.4, -0.2) is 33.8 Å². The molecule has 0 aliphatic rings. The van der Waals surface area contributed by atoms with E-state index in [2.05, 4.69) is 10.0 Å². The van der Waals surface area contributed by atoms with E-state index in [0.29, 0.717) is 6.08 Å². The number of rotatable bonds is 7. The Labute approximate surface area is 160 Å². The number of hydrogen-bond donors (Lipinski definition) is 4. The average Bonchev–Trinajstić information content (AvgIpc) is 2.60. The molecule has 0 saturated heterocycles. The van der Waals surface area contributed by atoms with E-state index in [-0.39, 0.29) is 21.2 Å². The average molecular weight is 425 g/mol. The molecule has 2 aromatic carbocycles. The van der Waals surface area contributed by atoms with Crippen molar-refractivity contribution in [3.63, 3.8) is 0 Å². The van der Waals surface area contributed by atoms with Crippen molar-refractivity contribution >= 4 is 43.3 Å². The maximum absolute atomic E-state index is 12.4. The molecular weight excluding hydrogens is 410 g/mol. The van der Waals surface area contributed by atoms with Gasteiger partial charge in [0.05, 0.1) is 9.79 Å². The van der Waals surface area contributed by atoms with E-state index in [9.17, 15) is 26.4 Å². The number of hydrogen-bond acceptors (Lipinski definition) is 6. The molecule has 0 fully saturated rings. The van der Waals surface area contributed by atoms with E-state index in [1.807, 2.05) is 0 Å². The molecule has 28 heavy (non-hydrogen) atoms. The zero-order valence-corrected chi connectivity index (χ0v) is 15.7. The normalized spacial score (nSPS) is 11.9. The van der Waals surface area contributed by atoms with Crippen LogP contribution < -0.4 is 15.2 Å². The summed E-state index contributed by atoms with van der Waals surface area (Å²) in [4.78, 5) is 21.6. The largest absolute Gasteiger partial charge is 0.478 e. The number of carboxylic acid groups (broad SMARTS) is 1. The molecule has 0 saturated carbocycles. The molecule has 0 radical (unpaired) electrons. The van der Waals surface area contributed by atoms with Crippen molar-refractivity contribution in [3.8, 4) is 0 Å². The van der Waals surface area contributed by atoms with E-state index in [1.54, 1.807) is 0 Å². The number of carbonyl (C=O) groups is 2. The third-order valence-electron chi connectivity index (χ3n) is 3.24. The van der Waals surface area contributed by atoms with Crippen LogP contribution in [-0.2, 0) is 29.6 Å². The van der Waals surface area contributed by atoms with Gasteiger partial charge in [0.15, 0.2) is 0 Å². The van der Waals surface area contributed by atoms with Crippen LogP contribution in [0.5, 0.6) is 0 Å². The van der Waals surface area contributed by atoms with Crippen LogP contribution in [0.1, 0.15) is 0 Å². The number of amides is 1. The highest BCUT2D eigenvalue weighted by molar-refractivity contribution is 7.92. The van der Waals surface area contributed by atoms with Crippen LogP contribution >= 0.6 is 0 Å². The summed E-state index contributed by atoms with van der Waals surface area (Å²) in [6.45, 7) is 0. The molecule has 2 aromatic rings. The highest BCUT2D eigenvalue weighted by atomic mass is 32.2. The molecule has 0 unspecified atom stereocenters. The lowest BCUT2D eigenvalue weighted by atomic mass is 10.3. The summed E-state index contributed by atoms with van der Waals surface area (Å²) in [5.41, 5.74) is 0.389. The molecule has 10 nitrogen and oxygen atoms in total. The zero-order valence-electron chi connectivity index (χ0n) is 14.1. The molecule has 1 amide bonds. The Morgan fingerprint density at radius 2 is 1.32 bits per heavy atom. The lowest BCUT2D eigenvalue weighted by Crippen LogP contribution is -2.14. The fraction of sp³-hybridized carbons (Fsp3) is 0. The van der Waals surface area contributed by atoms with E-state index in [0.717, 1.165) is 18.2 Å². The molecular formula is C16H15N3O7S2. The number of primary sulfonamides is 1. The minimum absolute atomic E-state index is 0.109. The smallest absolute Gasteiger partial charge is 0.328 e. The first-order chi connectivity index (χ1) is 13.0. The van der Waals surface area contributed by atoms with Gasteiger partial charge in [0, 0.05) is 23.5 Å². The monoisotopic (exact) mass is 425 g/mol. The van der Waals surface area contributed by atoms with Crippen molar-refractivity contribution in [2.75, 3.05) is 10.0 Å². The van der Waals surface area contributed by atoms with Crippen LogP contribution in [0.4, 0.5) is 11.4 Å². The Hall–Kier alpha value is -3.22. The molecule has 0 heterocycles. The van der Waals surface area contributed by atoms with Gasteiger partial charge in [0.2, 0.25) is 15.9 Å². The minimum atomic E-state index is -3.96. The number of carboxylic acids is 1. The van der Waals surface area contributed by atoms with Gasteiger partial charge in [-0.05, 0) is 48.5 Å². The van der Waals surface area contributed by atoms with Crippen LogP contribution in [0, 0.1) is 0 Å². The molecule has 148 valence electrons. The fourth-order valence-corrected chi connectivity index (χ4v) is 3.55. The Bertz CT molecular complexity index is 1120. The van der Waals surface area contributed by atoms with Crippen LogP contribution in [0.2, 0.25) is 0 Å². The van der Waals surface area contributed by atoms with Crippen molar-refractivity contribution < 1.29 is 31.5 Å². The molecule has 2 rings (SSSR count). The highest BCUT2D eigenvalue weighted by Crippen LogP contribution is 2.19. The summed E-state index contributed by atoms with van der Waals surface area (Å²) in [7, 11) is -7.85. The second-order valence-electron chi connectivity index (χ2n) is 5.36. The molecule has 0 bridgehead atoms. The van der Waals surface area contributed by atoms with Crippen molar-refractivity contribution in [2.24, 2.45) is 5.14 Å². The van der Waals surface area contributed by atoms with E-state index < -0.39 is 31.9 Å². The first kappa shape index (κ1) is 21.1. The standard InChI is InChI=1S/C16H15N3O7S2/c17-27(23,24)13-5-3-12(4-6-13)19-28(25,26)14-7-1-11(2-8-14)18-15(20)9-10-16(21)22/h1-10,19H,(H,18,20)(H,21,22)(H2,17,23,24). The number of nitrogens with one attached hydrogen (secondary N) is 2. The Morgan fingerprint density at radius 3 is 1.82 bits per heavy atom. The van der Waals surface area contributed by atoms with Gasteiger partial charge in [-0.2, -0.15) is 0 Å². The molecule has 12 heteroatoms. The Balaban J connectivity index is 2.11. The van der Waals surface area contributed by atoms with Gasteiger partial charge in [0.25, 0.3) is 10.0 Å². The van der Waals surface area contributed by atoms with Gasteiger partial charge < -0.3 is 10.4 Å². The Morgan fingerprint density at radius 1 is 0.821 bits per heavy atom. The summed E-state index contributed by atoms with van der Waals surface area (Å²) in [6, 6.07) is 9.94. The summed E-state index contributed by atoms with van der Waals surface area (Å²) in [5, 5.41) is 15.8. The second-order valence-corrected chi connectivity index (χ2v) is 8.60. The van der Waals surface area contributed by atoms with Crippen LogP contribution in [0.25, 0.3) is 0 Å². The zero-order chi connectivity index (χ0) is 20.9. The molecule has 0 aliphatic heterocycles. The summed E-state index contributed by atoms with van der Waals surface area (Å²) in [5.74, 6) is -1.97. The minimum Gasteiger partial charge on any atom is -0.478 e. The van der Waals surface area contributed by atoms with Crippen molar-refractivity contribution in [1.29, 1.82) is 0 Å². The van der Waals surface area contributed by atoms with Crippen LogP contribution in [0.3, 0.4) is 0 Å². The van der Waals surface area contributed by atoms with Gasteiger partial charge in [-0.1, -0.05) is 0 Å². The van der Waals surface area contributed by atoms with Gasteiger partial charge in [0.1, 0.15) is 0 Å². The number of carbonyl (C=O) groups excluding carboxylic acids is 1. The van der Waals surface area contributed by atoms with E-state index in [1.165, 1.54) is 36.4 Å². The third-order valence-corrected chi connectivity index (χ3v) is 5.57. The predicted molar refractivity (Wildman–Crippen MR) is 100 cm³/mol. The number of benzene rings is 2. The first-order valence-electron chi connectivity index (χ1n) is 7.45. The van der Waals surface area contributed by atoms with E-state index in [4.69, 9.17) is 10.2 Å². The quantitative estimate of drug-likeness (QED) is 0.473. The van der Waals surface area contributed by atoms with Gasteiger partial charge in [-0.3, -0.25) is 9.52 Å². The maximum atomic E-state index is 12.4. The fourth-order valence-electron chi connectivity index (χ4n) is 1.98. The number of aliphatic carboxylic acids is 1. The lowest BCUT2D eigenvalue weighted by molar-refractivity contribution is -0.131. The molecule has 0 aromatic heterocycles. The van der Waals surface area contributed by atoms with E-state index >= 15 is 0 Å². The van der Waals surface area contributed by atoms with Crippen molar-refractivity contribution in [2.45, 2.75) is 9.79 Å². The maximum Gasteiger partial charge on any atom is 0.328 e. The molecule has 0 aliphatic carbocycles. The summed E-state index contributed by atoms with van der Waals surface area (Å²) >= 11 is 0. The van der Waals surface area contributed by atoms with Crippen molar-refractivity contribution in [3.05, 3.63) is 60.7 Å². The lowest BCUT2D eigenvalue weighted by Gasteiger charge is -2.09. The number of anilines is 2. The summed E-state index contributed by atoms with van der Waals surface area (Å²) in [6.07, 6.45) is 1.49. The predicted octanol–water partition coefficient (Wildman–Crippen LogP) is 0.714. The molecule has 0 atom stereocenters. The number of sulfonamides is 2. The van der Waals surface area contributed by atoms with Gasteiger partial charge in [-0.15, -0.1) is 0 Å². The second kappa shape index (κ2) is 8.21.